The van der Waals surface area contributed by atoms with Crippen molar-refractivity contribution in [1.29, 1.82) is 0 Å². The molecule has 0 aromatic heterocycles. The maximum atomic E-state index is 5.85. The highest BCUT2D eigenvalue weighted by molar-refractivity contribution is 9.10. The molecule has 0 spiro atoms. The fourth-order valence-corrected chi connectivity index (χ4v) is 2.05. The first-order chi connectivity index (χ1) is 7.24. The van der Waals surface area contributed by atoms with Gasteiger partial charge in [-0.3, -0.25) is 0 Å². The van der Waals surface area contributed by atoms with Crippen molar-refractivity contribution in [2.45, 2.75) is 13.0 Å². The van der Waals surface area contributed by atoms with Crippen molar-refractivity contribution in [2.24, 2.45) is 0 Å². The molecule has 0 saturated heterocycles. The molecule has 0 bridgehead atoms. The highest BCUT2D eigenvalue weighted by Gasteiger charge is 1.99. The van der Waals surface area contributed by atoms with Crippen LogP contribution >= 0.6 is 27.5 Å². The molecule has 0 atom stereocenters. The van der Waals surface area contributed by atoms with Crippen molar-refractivity contribution in [3.8, 4) is 0 Å². The summed E-state index contributed by atoms with van der Waals surface area (Å²) in [4.78, 5) is 0. The standard InChI is InChI=1S/C11H15BrClNO/c1-15-6-2-5-14-8-9-3-4-10(13)7-11(9)12/h3-4,7,14H,2,5-6,8H2,1H3. The molecule has 4 heteroatoms. The first-order valence-corrected chi connectivity index (χ1v) is 6.04. The molecule has 1 rings (SSSR count). The molecule has 1 aromatic rings. The van der Waals surface area contributed by atoms with Crippen LogP contribution in [0, 0.1) is 0 Å². The summed E-state index contributed by atoms with van der Waals surface area (Å²) in [6, 6.07) is 5.84. The Hall–Kier alpha value is -0.0900. The number of rotatable bonds is 6. The number of halogens is 2. The van der Waals surface area contributed by atoms with Gasteiger partial charge >= 0.3 is 0 Å². The van der Waals surface area contributed by atoms with E-state index in [1.54, 1.807) is 7.11 Å². The predicted molar refractivity (Wildman–Crippen MR) is 67.4 cm³/mol. The largest absolute Gasteiger partial charge is 0.385 e. The smallest absolute Gasteiger partial charge is 0.0474 e. The molecule has 0 fully saturated rings. The monoisotopic (exact) mass is 291 g/mol. The van der Waals surface area contributed by atoms with Crippen LogP contribution in [0.25, 0.3) is 0 Å². The summed E-state index contributed by atoms with van der Waals surface area (Å²) in [5.41, 5.74) is 1.22. The van der Waals surface area contributed by atoms with E-state index in [4.69, 9.17) is 16.3 Å². The van der Waals surface area contributed by atoms with Gasteiger partial charge in [-0.2, -0.15) is 0 Å². The molecule has 1 N–H and O–H groups in total. The van der Waals surface area contributed by atoms with Crippen LogP contribution in [-0.2, 0) is 11.3 Å². The Morgan fingerprint density at radius 3 is 2.93 bits per heavy atom. The summed E-state index contributed by atoms with van der Waals surface area (Å²) < 4.78 is 6.02. The van der Waals surface area contributed by atoms with Crippen LogP contribution in [0.3, 0.4) is 0 Å². The highest BCUT2D eigenvalue weighted by atomic mass is 79.9. The minimum absolute atomic E-state index is 0.755. The number of methoxy groups -OCH3 is 1. The van der Waals surface area contributed by atoms with E-state index in [1.165, 1.54) is 5.56 Å². The second-order valence-corrected chi connectivity index (χ2v) is 4.55. The number of benzene rings is 1. The maximum Gasteiger partial charge on any atom is 0.0474 e. The topological polar surface area (TPSA) is 21.3 Å². The Kier molecular flexibility index (Phi) is 6.25. The lowest BCUT2D eigenvalue weighted by Gasteiger charge is -2.06. The summed E-state index contributed by atoms with van der Waals surface area (Å²) in [5, 5.41) is 4.10. The second-order valence-electron chi connectivity index (χ2n) is 3.26. The highest BCUT2D eigenvalue weighted by Crippen LogP contribution is 2.21. The molecule has 0 heterocycles. The van der Waals surface area contributed by atoms with Crippen LogP contribution in [0.15, 0.2) is 22.7 Å². The molecule has 0 amide bonds. The maximum absolute atomic E-state index is 5.85. The molecule has 84 valence electrons. The van der Waals surface area contributed by atoms with Crippen molar-refractivity contribution in [2.75, 3.05) is 20.3 Å². The molecule has 2 nitrogen and oxygen atoms in total. The van der Waals surface area contributed by atoms with Gasteiger partial charge in [-0.05, 0) is 30.7 Å². The van der Waals surface area contributed by atoms with Gasteiger partial charge in [0.15, 0.2) is 0 Å². The van der Waals surface area contributed by atoms with E-state index in [2.05, 4.69) is 21.2 Å². The predicted octanol–water partition coefficient (Wildman–Crippen LogP) is 3.23. The molecular weight excluding hydrogens is 277 g/mol. The van der Waals surface area contributed by atoms with E-state index >= 15 is 0 Å². The summed E-state index contributed by atoms with van der Waals surface area (Å²) in [7, 11) is 1.72. The van der Waals surface area contributed by atoms with E-state index in [-0.39, 0.29) is 0 Å². The van der Waals surface area contributed by atoms with E-state index in [0.717, 1.165) is 35.6 Å². The fourth-order valence-electron chi connectivity index (χ4n) is 1.23. The molecule has 0 aliphatic heterocycles. The molecule has 0 radical (unpaired) electrons. The molecule has 0 aliphatic carbocycles. The van der Waals surface area contributed by atoms with Gasteiger partial charge in [-0.1, -0.05) is 33.6 Å². The van der Waals surface area contributed by atoms with Gasteiger partial charge in [-0.15, -0.1) is 0 Å². The Balaban J connectivity index is 2.31. The summed E-state index contributed by atoms with van der Waals surface area (Å²) in [6.07, 6.45) is 1.03. The Bertz CT molecular complexity index is 307. The third kappa shape index (κ3) is 4.98. The van der Waals surface area contributed by atoms with Crippen LogP contribution in [-0.4, -0.2) is 20.3 Å². The number of hydrogen-bond acceptors (Lipinski definition) is 2. The summed E-state index contributed by atoms with van der Waals surface area (Å²) in [5.74, 6) is 0. The number of ether oxygens (including phenoxy) is 1. The van der Waals surface area contributed by atoms with E-state index in [0.29, 0.717) is 0 Å². The lowest BCUT2D eigenvalue weighted by atomic mass is 10.2. The number of nitrogens with one attached hydrogen (secondary N) is 1. The van der Waals surface area contributed by atoms with Crippen LogP contribution < -0.4 is 5.32 Å². The van der Waals surface area contributed by atoms with Crippen molar-refractivity contribution in [3.05, 3.63) is 33.3 Å². The molecule has 15 heavy (non-hydrogen) atoms. The van der Waals surface area contributed by atoms with Crippen molar-refractivity contribution in [3.63, 3.8) is 0 Å². The molecule has 0 saturated carbocycles. The van der Waals surface area contributed by atoms with Gasteiger partial charge in [-0.25, -0.2) is 0 Å². The quantitative estimate of drug-likeness (QED) is 0.813. The third-order valence-electron chi connectivity index (χ3n) is 2.03. The summed E-state index contributed by atoms with van der Waals surface area (Å²) in [6.45, 7) is 2.61. The van der Waals surface area contributed by atoms with Crippen molar-refractivity contribution in [1.82, 2.24) is 5.32 Å². The van der Waals surface area contributed by atoms with E-state index in [1.807, 2.05) is 18.2 Å². The Morgan fingerprint density at radius 2 is 2.27 bits per heavy atom. The molecule has 1 aromatic carbocycles. The molecule has 0 aliphatic rings. The first kappa shape index (κ1) is 13.0. The lowest BCUT2D eigenvalue weighted by Crippen LogP contribution is -2.16. The van der Waals surface area contributed by atoms with Crippen molar-refractivity contribution >= 4 is 27.5 Å². The van der Waals surface area contributed by atoms with Crippen LogP contribution in [0.5, 0.6) is 0 Å². The van der Waals surface area contributed by atoms with Gasteiger partial charge in [0.1, 0.15) is 0 Å². The Labute approximate surface area is 104 Å². The zero-order valence-electron chi connectivity index (χ0n) is 8.72. The molecule has 0 unspecified atom stereocenters. The minimum atomic E-state index is 0.755. The van der Waals surface area contributed by atoms with Gasteiger partial charge in [0.25, 0.3) is 0 Å². The fraction of sp³-hybridized carbons (Fsp3) is 0.455. The van der Waals surface area contributed by atoms with Gasteiger partial charge in [0.2, 0.25) is 0 Å². The zero-order chi connectivity index (χ0) is 11.1. The van der Waals surface area contributed by atoms with Gasteiger partial charge in [0.05, 0.1) is 0 Å². The number of hydrogen-bond donors (Lipinski definition) is 1. The summed E-state index contributed by atoms with van der Waals surface area (Å²) >= 11 is 9.33. The van der Waals surface area contributed by atoms with Crippen molar-refractivity contribution < 1.29 is 4.74 Å². The third-order valence-corrected chi connectivity index (χ3v) is 3.01. The SMILES string of the molecule is COCCCNCc1ccc(Cl)cc1Br. The van der Waals surface area contributed by atoms with Gasteiger partial charge < -0.3 is 10.1 Å². The van der Waals surface area contributed by atoms with E-state index in [9.17, 15) is 0 Å². The second kappa shape index (κ2) is 7.23. The zero-order valence-corrected chi connectivity index (χ0v) is 11.1. The average Bonchev–Trinajstić information content (AvgIpc) is 2.20. The Morgan fingerprint density at radius 1 is 1.47 bits per heavy atom. The van der Waals surface area contributed by atoms with Crippen LogP contribution in [0.4, 0.5) is 0 Å². The van der Waals surface area contributed by atoms with Crippen LogP contribution in [0.1, 0.15) is 12.0 Å². The average molecular weight is 293 g/mol. The lowest BCUT2D eigenvalue weighted by molar-refractivity contribution is 0.194. The normalized spacial score (nSPS) is 10.6. The van der Waals surface area contributed by atoms with Gasteiger partial charge in [0, 0.05) is 29.8 Å². The first-order valence-electron chi connectivity index (χ1n) is 4.87. The minimum Gasteiger partial charge on any atom is -0.385 e. The van der Waals surface area contributed by atoms with Crippen LogP contribution in [0.2, 0.25) is 5.02 Å². The van der Waals surface area contributed by atoms with E-state index < -0.39 is 0 Å². The molecular formula is C11H15BrClNO.